The number of ether oxygens (including phenoxy) is 1. The molecule has 0 saturated carbocycles. The summed E-state index contributed by atoms with van der Waals surface area (Å²) in [6.45, 7) is 1.36. The van der Waals surface area contributed by atoms with Gasteiger partial charge in [-0.25, -0.2) is 13.4 Å². The molecule has 8 nitrogen and oxygen atoms in total. The summed E-state index contributed by atoms with van der Waals surface area (Å²) in [5, 5.41) is 11.5. The van der Waals surface area contributed by atoms with Crippen LogP contribution in [0.2, 0.25) is 0 Å². The Labute approximate surface area is 158 Å². The number of sulfone groups is 1. The molecule has 0 saturated heterocycles. The van der Waals surface area contributed by atoms with E-state index < -0.39 is 43.8 Å². The van der Waals surface area contributed by atoms with Gasteiger partial charge in [0.2, 0.25) is 9.84 Å². The van der Waals surface area contributed by atoms with Crippen molar-refractivity contribution in [2.75, 3.05) is 12.3 Å². The summed E-state index contributed by atoms with van der Waals surface area (Å²) in [6, 6.07) is 5.11. The van der Waals surface area contributed by atoms with Crippen LogP contribution in [0.25, 0.3) is 0 Å². The zero-order valence-corrected chi connectivity index (χ0v) is 15.2. The molecule has 1 amide bonds. The average molecular weight is 419 g/mol. The first-order chi connectivity index (χ1) is 12.9. The highest BCUT2D eigenvalue weighted by Gasteiger charge is 2.34. The van der Waals surface area contributed by atoms with Crippen molar-refractivity contribution < 1.29 is 36.2 Å². The van der Waals surface area contributed by atoms with Crippen LogP contribution < -0.4 is 15.8 Å². The lowest BCUT2D eigenvalue weighted by molar-refractivity contribution is -0.275. The molecule has 0 aliphatic carbocycles. The van der Waals surface area contributed by atoms with Crippen LogP contribution >= 0.6 is 0 Å². The van der Waals surface area contributed by atoms with E-state index in [2.05, 4.69) is 15.0 Å². The van der Waals surface area contributed by atoms with E-state index in [-0.39, 0.29) is 17.9 Å². The van der Waals surface area contributed by atoms with Crippen molar-refractivity contribution in [1.82, 2.24) is 10.3 Å². The fourth-order valence-electron chi connectivity index (χ4n) is 2.13. The van der Waals surface area contributed by atoms with Crippen molar-refractivity contribution >= 4 is 21.4 Å². The molecule has 2 rings (SSSR count). The summed E-state index contributed by atoms with van der Waals surface area (Å²) in [4.78, 5) is 14.4. The molecule has 0 aliphatic heterocycles. The monoisotopic (exact) mass is 419 g/mol. The zero-order chi connectivity index (χ0) is 21.1. The van der Waals surface area contributed by atoms with Gasteiger partial charge in [-0.2, -0.15) is 0 Å². The van der Waals surface area contributed by atoms with Gasteiger partial charge in [0.15, 0.2) is 5.69 Å². The number of carbonyl (C=O) groups excluding carboxylic acids is 1. The number of para-hydroxylation sites is 1. The van der Waals surface area contributed by atoms with Crippen molar-refractivity contribution in [3.8, 4) is 5.75 Å². The summed E-state index contributed by atoms with van der Waals surface area (Å²) in [5.74, 6) is -1.66. The number of rotatable bonds is 6. The maximum atomic E-state index is 12.7. The van der Waals surface area contributed by atoms with Gasteiger partial charge in [-0.15, -0.1) is 13.2 Å². The van der Waals surface area contributed by atoms with Crippen LogP contribution in [0, 0.1) is 0 Å². The lowest BCUT2D eigenvalue weighted by Gasteiger charge is -2.14. The highest BCUT2D eigenvalue weighted by molar-refractivity contribution is 7.91. The second-order valence-electron chi connectivity index (χ2n) is 5.67. The molecule has 0 radical (unpaired) electrons. The van der Waals surface area contributed by atoms with Crippen molar-refractivity contribution in [3.05, 3.63) is 42.2 Å². The molecule has 0 spiro atoms. The quantitative estimate of drug-likeness (QED) is 0.647. The number of nitrogens with two attached hydrogens (primary N) is 1. The SMILES string of the molecule is CC(O)CNC(=O)c1ncc(S(=O)(=O)c2ccccc2OC(F)(F)F)cc1N. The number of pyridine rings is 1. The van der Waals surface area contributed by atoms with E-state index in [1.807, 2.05) is 0 Å². The smallest absolute Gasteiger partial charge is 0.404 e. The average Bonchev–Trinajstić information content (AvgIpc) is 2.58. The van der Waals surface area contributed by atoms with Gasteiger partial charge < -0.3 is 20.9 Å². The van der Waals surface area contributed by atoms with E-state index in [1.54, 1.807) is 0 Å². The highest BCUT2D eigenvalue weighted by atomic mass is 32.2. The molecule has 0 aliphatic rings. The fraction of sp³-hybridized carbons (Fsp3) is 0.250. The predicted molar refractivity (Wildman–Crippen MR) is 91.2 cm³/mol. The maximum Gasteiger partial charge on any atom is 0.573 e. The van der Waals surface area contributed by atoms with Gasteiger partial charge in [0, 0.05) is 12.7 Å². The number of halogens is 3. The fourth-order valence-corrected chi connectivity index (χ4v) is 3.49. The highest BCUT2D eigenvalue weighted by Crippen LogP contribution is 2.33. The predicted octanol–water partition coefficient (Wildman–Crippen LogP) is 1.51. The molecule has 152 valence electrons. The van der Waals surface area contributed by atoms with Gasteiger partial charge in [-0.3, -0.25) is 4.79 Å². The van der Waals surface area contributed by atoms with Crippen molar-refractivity contribution in [1.29, 1.82) is 0 Å². The first-order valence-corrected chi connectivity index (χ1v) is 9.22. The summed E-state index contributed by atoms with van der Waals surface area (Å²) in [6.07, 6.45) is -5.11. The molecule has 4 N–H and O–H groups in total. The lowest BCUT2D eigenvalue weighted by Crippen LogP contribution is -2.31. The Bertz CT molecular complexity index is 978. The Kier molecular flexibility index (Phi) is 6.14. The molecule has 1 aromatic heterocycles. The van der Waals surface area contributed by atoms with Crippen LogP contribution in [0.3, 0.4) is 0 Å². The molecule has 1 unspecified atom stereocenters. The molecule has 2 aromatic rings. The number of nitrogens with zero attached hydrogens (tertiary/aromatic N) is 1. The Morgan fingerprint density at radius 3 is 2.57 bits per heavy atom. The van der Waals surface area contributed by atoms with Crippen LogP contribution in [0.1, 0.15) is 17.4 Å². The van der Waals surface area contributed by atoms with Gasteiger partial charge in [0.1, 0.15) is 10.6 Å². The molecule has 0 fully saturated rings. The summed E-state index contributed by atoms with van der Waals surface area (Å²) in [7, 11) is -4.47. The minimum Gasteiger partial charge on any atom is -0.404 e. The zero-order valence-electron chi connectivity index (χ0n) is 14.4. The van der Waals surface area contributed by atoms with Gasteiger partial charge in [0.05, 0.1) is 16.7 Å². The van der Waals surface area contributed by atoms with E-state index in [9.17, 15) is 26.4 Å². The van der Waals surface area contributed by atoms with Crippen LogP contribution in [0.15, 0.2) is 46.3 Å². The van der Waals surface area contributed by atoms with E-state index in [4.69, 9.17) is 10.8 Å². The van der Waals surface area contributed by atoms with E-state index >= 15 is 0 Å². The van der Waals surface area contributed by atoms with Crippen LogP contribution in [0.5, 0.6) is 5.75 Å². The van der Waals surface area contributed by atoms with E-state index in [0.717, 1.165) is 24.4 Å². The van der Waals surface area contributed by atoms with Crippen molar-refractivity contribution in [2.24, 2.45) is 0 Å². The van der Waals surface area contributed by atoms with Crippen molar-refractivity contribution in [2.45, 2.75) is 29.2 Å². The third kappa shape index (κ3) is 5.10. The standard InChI is InChI=1S/C16H16F3N3O5S/c1-9(23)7-22-15(24)14-11(20)6-10(8-21-14)28(25,26)13-5-3-2-4-12(13)27-16(17,18)19/h2-6,8-9,23H,7,20H2,1H3,(H,22,24). The van der Waals surface area contributed by atoms with Crippen LogP contribution in [-0.2, 0) is 9.84 Å². The molecule has 12 heteroatoms. The van der Waals surface area contributed by atoms with Gasteiger partial charge in [-0.05, 0) is 25.1 Å². The number of hydrogen-bond donors (Lipinski definition) is 3. The second-order valence-corrected chi connectivity index (χ2v) is 7.58. The summed E-state index contributed by atoms with van der Waals surface area (Å²) < 4.78 is 66.8. The van der Waals surface area contributed by atoms with E-state index in [1.165, 1.54) is 19.1 Å². The number of carbonyl (C=O) groups is 1. The minimum atomic E-state index is -5.09. The second kappa shape index (κ2) is 8.02. The Hall–Kier alpha value is -2.86. The number of benzene rings is 1. The lowest BCUT2D eigenvalue weighted by atomic mass is 10.3. The number of aliphatic hydroxyl groups is 1. The van der Waals surface area contributed by atoms with Crippen LogP contribution in [0.4, 0.5) is 18.9 Å². The first kappa shape index (κ1) is 21.4. The molecule has 1 aromatic carbocycles. The number of aliphatic hydroxyl groups excluding tert-OH is 1. The van der Waals surface area contributed by atoms with Gasteiger partial charge in [-0.1, -0.05) is 12.1 Å². The molecule has 1 atom stereocenters. The normalized spacial score (nSPS) is 13.0. The molecular weight excluding hydrogens is 403 g/mol. The number of amides is 1. The molecule has 0 bridgehead atoms. The molecule has 1 heterocycles. The maximum absolute atomic E-state index is 12.7. The summed E-state index contributed by atoms with van der Waals surface area (Å²) >= 11 is 0. The third-order valence-electron chi connectivity index (χ3n) is 3.34. The van der Waals surface area contributed by atoms with Crippen molar-refractivity contribution in [3.63, 3.8) is 0 Å². The minimum absolute atomic E-state index is 0.0812. The topological polar surface area (TPSA) is 132 Å². The Morgan fingerprint density at radius 1 is 1.36 bits per heavy atom. The number of nitrogen functional groups attached to an aromatic ring is 1. The number of nitrogens with one attached hydrogen (secondary N) is 1. The van der Waals surface area contributed by atoms with Gasteiger partial charge >= 0.3 is 6.36 Å². The number of anilines is 1. The molecule has 28 heavy (non-hydrogen) atoms. The van der Waals surface area contributed by atoms with Crippen LogP contribution in [-0.4, -0.2) is 43.4 Å². The third-order valence-corrected chi connectivity index (χ3v) is 5.10. The number of alkyl halides is 3. The first-order valence-electron chi connectivity index (χ1n) is 7.73. The Morgan fingerprint density at radius 2 is 2.00 bits per heavy atom. The number of hydrogen-bond acceptors (Lipinski definition) is 7. The number of aromatic nitrogens is 1. The Balaban J connectivity index is 2.40. The van der Waals surface area contributed by atoms with E-state index in [0.29, 0.717) is 0 Å². The largest absolute Gasteiger partial charge is 0.573 e. The summed E-state index contributed by atoms with van der Waals surface area (Å²) in [5.41, 5.74) is 5.08. The van der Waals surface area contributed by atoms with Gasteiger partial charge in [0.25, 0.3) is 5.91 Å². The molecular formula is C16H16F3N3O5S.